The first kappa shape index (κ1) is 26.4. The van der Waals surface area contributed by atoms with E-state index in [0.29, 0.717) is 61.6 Å². The van der Waals surface area contributed by atoms with Crippen molar-refractivity contribution in [2.75, 3.05) is 0 Å². The molecule has 1 N–H and O–H groups in total. The van der Waals surface area contributed by atoms with Gasteiger partial charge in [-0.25, -0.2) is 4.98 Å². The standard InChI is InChI=1S/C59H55N3O/c1-37-18-27-53(50(31-37)42-21-25-48(26-22-42)59(7,8)9)62-54-17-13-16-49(55(54)61-57(62)51-32-38(2)30-39(3)56(51)63)45-33-44(40-14-11-10-12-15-40)34-46(35-45)52-36-43(28-29-60-52)41-19-23-47(24-20-41)58(4,5)6/h10-36,63H,1-9H3/i1D3,4D3,5D3,6D3,19D,20D,23D,24D. The summed E-state index contributed by atoms with van der Waals surface area (Å²) in [5, 5.41) is 11.9. The highest BCUT2D eigenvalue weighted by molar-refractivity contribution is 5.98. The van der Waals surface area contributed by atoms with Gasteiger partial charge in [-0.1, -0.05) is 150 Å². The van der Waals surface area contributed by atoms with Crippen molar-refractivity contribution < 1.29 is 27.0 Å². The smallest absolute Gasteiger partial charge is 0.149 e. The quantitative estimate of drug-likeness (QED) is 0.174. The van der Waals surface area contributed by atoms with Gasteiger partial charge in [-0.05, 0) is 142 Å². The number of rotatable bonds is 7. The summed E-state index contributed by atoms with van der Waals surface area (Å²) in [6.07, 6.45) is 1.40. The molecule has 0 atom stereocenters. The molecule has 0 saturated heterocycles. The molecule has 0 radical (unpaired) electrons. The topological polar surface area (TPSA) is 50.9 Å². The van der Waals surface area contributed by atoms with Crippen LogP contribution in [0, 0.1) is 20.7 Å². The van der Waals surface area contributed by atoms with Gasteiger partial charge in [0.2, 0.25) is 0 Å². The molecule has 0 fully saturated rings. The SMILES string of the molecule is [2H]c1c([2H])c(C(C([2H])([2H])[2H])(C([2H])([2H])[2H])C([2H])([2H])[2H])c([2H])c([2H])c1-c1ccnc(-c2cc(-c3ccccc3)cc(-c3cccc4c3nc(-c3cc(C)cc(C)c3O)n4-c3ccc(C([2H])([2H])[2H])cc3-c3ccc(C(C)(C)C)cc3)c2)c1. The second-order valence-corrected chi connectivity index (χ2v) is 17.1. The van der Waals surface area contributed by atoms with E-state index in [1.54, 1.807) is 18.2 Å². The molecule has 9 aromatic rings. The summed E-state index contributed by atoms with van der Waals surface area (Å²) >= 11 is 0. The van der Waals surface area contributed by atoms with Gasteiger partial charge in [-0.3, -0.25) is 9.55 Å². The van der Waals surface area contributed by atoms with Gasteiger partial charge >= 0.3 is 0 Å². The Kier molecular flexibility index (Phi) is 6.72. The van der Waals surface area contributed by atoms with Crippen LogP contribution >= 0.6 is 0 Å². The molecule has 0 amide bonds. The lowest BCUT2D eigenvalue weighted by Crippen LogP contribution is -2.10. The molecule has 0 unspecified atom stereocenters. The second-order valence-electron chi connectivity index (χ2n) is 17.1. The second kappa shape index (κ2) is 16.0. The highest BCUT2D eigenvalue weighted by atomic mass is 16.3. The van der Waals surface area contributed by atoms with Crippen molar-refractivity contribution in [3.8, 4) is 78.6 Å². The number of imidazole rings is 1. The van der Waals surface area contributed by atoms with Gasteiger partial charge < -0.3 is 5.11 Å². The Labute approximate surface area is 395 Å². The van der Waals surface area contributed by atoms with Crippen LogP contribution in [0.2, 0.25) is 0 Å². The molecule has 9 rings (SSSR count). The highest BCUT2D eigenvalue weighted by Gasteiger charge is 2.24. The van der Waals surface area contributed by atoms with E-state index < -0.39 is 62.6 Å². The van der Waals surface area contributed by atoms with Crippen LogP contribution in [0.5, 0.6) is 5.75 Å². The predicted octanol–water partition coefficient (Wildman–Crippen LogP) is 15.6. The molecule has 0 aliphatic carbocycles. The van der Waals surface area contributed by atoms with E-state index >= 15 is 0 Å². The maximum atomic E-state index is 11.9. The number of hydrogen-bond acceptors (Lipinski definition) is 3. The Morgan fingerprint density at radius 2 is 1.29 bits per heavy atom. The molecular formula is C59H55N3O. The van der Waals surface area contributed by atoms with Crippen LogP contribution in [0.4, 0.5) is 0 Å². The van der Waals surface area contributed by atoms with Gasteiger partial charge in [-0.15, -0.1) is 0 Å². The molecule has 2 aromatic heterocycles. The monoisotopic (exact) mass is 838 g/mol. The van der Waals surface area contributed by atoms with Crippen molar-refractivity contribution in [2.45, 2.75) is 72.9 Å². The zero-order chi connectivity index (χ0) is 57.7. The lowest BCUT2D eigenvalue weighted by atomic mass is 9.86. The summed E-state index contributed by atoms with van der Waals surface area (Å²) in [5.41, 5.74) is 4.56. The van der Waals surface area contributed by atoms with Crippen LogP contribution in [-0.4, -0.2) is 19.6 Å². The van der Waals surface area contributed by atoms with Crippen LogP contribution in [0.3, 0.4) is 0 Å². The van der Waals surface area contributed by atoms with Crippen LogP contribution < -0.4 is 0 Å². The van der Waals surface area contributed by atoms with Gasteiger partial charge in [0, 0.05) is 39.3 Å². The fourth-order valence-corrected chi connectivity index (χ4v) is 8.12. The number of aromatic hydroxyl groups is 1. The van der Waals surface area contributed by atoms with Gasteiger partial charge in [0.1, 0.15) is 11.6 Å². The number of fused-ring (bicyclic) bond motifs is 1. The summed E-state index contributed by atoms with van der Waals surface area (Å²) in [6.45, 7) is -3.84. The molecule has 7 aromatic carbocycles. The third kappa shape index (κ3) is 8.10. The van der Waals surface area contributed by atoms with E-state index in [9.17, 15) is 5.11 Å². The lowest BCUT2D eigenvalue weighted by molar-refractivity contribution is 0.472. The largest absolute Gasteiger partial charge is 0.507 e. The number of para-hydroxylation sites is 1. The summed E-state index contributed by atoms with van der Waals surface area (Å²) in [4.78, 5) is 10.1. The summed E-state index contributed by atoms with van der Waals surface area (Å²) in [7, 11) is 0. The molecule has 0 spiro atoms. The van der Waals surface area contributed by atoms with Crippen molar-refractivity contribution in [1.82, 2.24) is 14.5 Å². The minimum Gasteiger partial charge on any atom is -0.507 e. The summed E-state index contributed by atoms with van der Waals surface area (Å²) in [6, 6.07) is 36.8. The van der Waals surface area contributed by atoms with Crippen molar-refractivity contribution in [2.24, 2.45) is 0 Å². The van der Waals surface area contributed by atoms with Crippen LogP contribution in [0.25, 0.3) is 83.9 Å². The first-order chi connectivity index (χ1) is 36.8. The first-order valence-electron chi connectivity index (χ1n) is 28.6. The molecule has 312 valence electrons. The molecule has 2 heterocycles. The molecule has 0 aliphatic rings. The van der Waals surface area contributed by atoms with E-state index in [4.69, 9.17) is 31.9 Å². The van der Waals surface area contributed by atoms with Gasteiger partial charge in [0.15, 0.2) is 0 Å². The van der Waals surface area contributed by atoms with E-state index in [-0.39, 0.29) is 27.9 Å². The molecule has 4 heteroatoms. The average Bonchev–Trinajstić information content (AvgIpc) is 3.90. The first-order valence-corrected chi connectivity index (χ1v) is 20.6. The Morgan fingerprint density at radius 3 is 2.02 bits per heavy atom. The van der Waals surface area contributed by atoms with Crippen molar-refractivity contribution in [3.63, 3.8) is 0 Å². The number of pyridine rings is 1. The van der Waals surface area contributed by atoms with Crippen molar-refractivity contribution >= 4 is 11.0 Å². The minimum absolute atomic E-state index is 0.0146. The zero-order valence-corrected chi connectivity index (χ0v) is 35.6. The van der Waals surface area contributed by atoms with Crippen molar-refractivity contribution in [3.05, 3.63) is 192 Å². The third-order valence-corrected chi connectivity index (χ3v) is 11.4. The molecule has 63 heavy (non-hydrogen) atoms. The number of phenols is 1. The van der Waals surface area contributed by atoms with E-state index in [1.807, 2.05) is 122 Å². The van der Waals surface area contributed by atoms with Crippen molar-refractivity contribution in [1.29, 1.82) is 0 Å². The van der Waals surface area contributed by atoms with Crippen LogP contribution in [0.1, 0.15) is 91.1 Å². The number of aromatic nitrogens is 3. The molecule has 0 saturated carbocycles. The summed E-state index contributed by atoms with van der Waals surface area (Å²) in [5.74, 6) is 0.398. The van der Waals surface area contributed by atoms with E-state index in [0.717, 1.165) is 27.8 Å². The normalized spacial score (nSPS) is 16.5. The fourth-order valence-electron chi connectivity index (χ4n) is 8.12. The number of benzene rings is 7. The fraction of sp³-hybridized carbons (Fsp3) is 0.186. The minimum atomic E-state index is -3.83. The van der Waals surface area contributed by atoms with E-state index in [2.05, 4.69) is 20.8 Å². The molecule has 0 aliphatic heterocycles. The third-order valence-electron chi connectivity index (χ3n) is 11.4. The highest BCUT2D eigenvalue weighted by Crippen LogP contribution is 2.43. The Balaban J connectivity index is 1.30. The molecular weight excluding hydrogens is 767 g/mol. The lowest BCUT2D eigenvalue weighted by Gasteiger charge is -2.20. The maximum Gasteiger partial charge on any atom is 0.149 e. The summed E-state index contributed by atoms with van der Waals surface area (Å²) < 4.78 is 138. The number of nitrogens with zero attached hydrogens (tertiary/aromatic N) is 3. The Bertz CT molecular complexity index is 3780. The van der Waals surface area contributed by atoms with Gasteiger partial charge in [0.25, 0.3) is 0 Å². The number of hydrogen-bond donors (Lipinski definition) is 1. The van der Waals surface area contributed by atoms with Gasteiger partial charge in [0.05, 0.1) is 33.5 Å². The average molecular weight is 838 g/mol. The molecule has 4 nitrogen and oxygen atoms in total. The van der Waals surface area contributed by atoms with Crippen LogP contribution in [-0.2, 0) is 10.8 Å². The molecule has 0 bridgehead atoms. The predicted molar refractivity (Wildman–Crippen MR) is 265 cm³/mol. The zero-order valence-electron chi connectivity index (χ0n) is 51.6. The van der Waals surface area contributed by atoms with Gasteiger partial charge in [-0.2, -0.15) is 0 Å². The van der Waals surface area contributed by atoms with E-state index in [1.165, 1.54) is 18.3 Å². The van der Waals surface area contributed by atoms with Crippen LogP contribution in [0.15, 0.2) is 164 Å². The Hall–Kier alpha value is -7.04. The maximum absolute atomic E-state index is 11.9. The number of aryl methyl sites for hydroxylation is 3. The number of phenolic OH excluding ortho intramolecular Hbond substituents is 1. The Morgan fingerprint density at radius 1 is 0.556 bits per heavy atom.